The Morgan fingerprint density at radius 2 is 2.04 bits per heavy atom. The van der Waals surface area contributed by atoms with Crippen molar-refractivity contribution in [2.45, 2.75) is 32.6 Å². The van der Waals surface area contributed by atoms with E-state index in [0.29, 0.717) is 18.9 Å². The summed E-state index contributed by atoms with van der Waals surface area (Å²) >= 11 is 0. The standard InChI is InChI=1S/C20H30N2O3/c1-3-15-25-18-9-7-17(16-19(18)24-2)8-10-20(23)21-11-14-22-12-5-4-6-13-22/h7-10,16H,3-6,11-15H2,1-2H3,(H,21,23)/b10-8+. The highest BCUT2D eigenvalue weighted by Crippen LogP contribution is 2.28. The Bertz CT molecular complexity index is 566. The Kier molecular flexibility index (Phi) is 8.32. The van der Waals surface area contributed by atoms with Gasteiger partial charge in [0.05, 0.1) is 13.7 Å². The average Bonchev–Trinajstić information content (AvgIpc) is 2.65. The van der Waals surface area contributed by atoms with Gasteiger partial charge < -0.3 is 19.7 Å². The molecule has 0 unspecified atom stereocenters. The lowest BCUT2D eigenvalue weighted by atomic mass is 10.1. The molecule has 1 aromatic rings. The molecule has 1 N–H and O–H groups in total. The number of hydrogen-bond acceptors (Lipinski definition) is 4. The first kappa shape index (κ1) is 19.3. The molecule has 1 aromatic carbocycles. The lowest BCUT2D eigenvalue weighted by Gasteiger charge is -2.26. The molecule has 5 nitrogen and oxygen atoms in total. The summed E-state index contributed by atoms with van der Waals surface area (Å²) in [5.41, 5.74) is 0.909. The fourth-order valence-electron chi connectivity index (χ4n) is 2.87. The first-order valence-electron chi connectivity index (χ1n) is 9.22. The van der Waals surface area contributed by atoms with Crippen LogP contribution in [0.1, 0.15) is 38.2 Å². The smallest absolute Gasteiger partial charge is 0.244 e. The predicted octanol–water partition coefficient (Wildman–Crippen LogP) is 3.10. The molecule has 1 aliphatic rings. The third kappa shape index (κ3) is 6.78. The summed E-state index contributed by atoms with van der Waals surface area (Å²) in [6.07, 6.45) is 8.18. The fraction of sp³-hybridized carbons (Fsp3) is 0.550. The Hall–Kier alpha value is -2.01. The van der Waals surface area contributed by atoms with E-state index < -0.39 is 0 Å². The van der Waals surface area contributed by atoms with Crippen molar-refractivity contribution in [1.82, 2.24) is 10.2 Å². The molecule has 1 amide bonds. The van der Waals surface area contributed by atoms with E-state index in [1.54, 1.807) is 19.3 Å². The van der Waals surface area contributed by atoms with Crippen molar-refractivity contribution in [1.29, 1.82) is 0 Å². The first-order valence-corrected chi connectivity index (χ1v) is 9.22. The molecule has 5 heteroatoms. The summed E-state index contributed by atoms with van der Waals surface area (Å²) in [5, 5.41) is 2.94. The minimum atomic E-state index is -0.0673. The van der Waals surface area contributed by atoms with Crippen molar-refractivity contribution in [3.8, 4) is 11.5 Å². The second-order valence-corrected chi connectivity index (χ2v) is 6.29. The van der Waals surface area contributed by atoms with Gasteiger partial charge in [0.1, 0.15) is 0 Å². The van der Waals surface area contributed by atoms with Gasteiger partial charge in [0.2, 0.25) is 5.91 Å². The van der Waals surface area contributed by atoms with Crippen molar-refractivity contribution in [2.24, 2.45) is 0 Å². The third-order valence-electron chi connectivity index (χ3n) is 4.25. The second-order valence-electron chi connectivity index (χ2n) is 6.29. The normalized spacial score (nSPS) is 15.3. The van der Waals surface area contributed by atoms with E-state index in [-0.39, 0.29) is 5.91 Å². The SMILES string of the molecule is CCCOc1ccc(/C=C/C(=O)NCCN2CCCCC2)cc1OC. The van der Waals surface area contributed by atoms with Gasteiger partial charge in [0, 0.05) is 19.2 Å². The molecule has 1 aliphatic heterocycles. The molecule has 25 heavy (non-hydrogen) atoms. The van der Waals surface area contributed by atoms with Crippen molar-refractivity contribution in [3.05, 3.63) is 29.8 Å². The number of benzene rings is 1. The topological polar surface area (TPSA) is 50.8 Å². The molecule has 0 aromatic heterocycles. The van der Waals surface area contributed by atoms with Crippen molar-refractivity contribution in [3.63, 3.8) is 0 Å². The molecule has 0 aliphatic carbocycles. The van der Waals surface area contributed by atoms with Gasteiger partial charge in [-0.15, -0.1) is 0 Å². The molecule has 0 radical (unpaired) electrons. The second kappa shape index (κ2) is 10.8. The maximum absolute atomic E-state index is 11.9. The Balaban J connectivity index is 1.80. The molecule has 0 spiro atoms. The molecule has 138 valence electrons. The zero-order valence-corrected chi connectivity index (χ0v) is 15.4. The minimum absolute atomic E-state index is 0.0673. The van der Waals surface area contributed by atoms with Crippen LogP contribution >= 0.6 is 0 Å². The fourth-order valence-corrected chi connectivity index (χ4v) is 2.87. The zero-order valence-electron chi connectivity index (χ0n) is 15.4. The number of amides is 1. The number of piperidine rings is 1. The van der Waals surface area contributed by atoms with Crippen molar-refractivity contribution >= 4 is 12.0 Å². The highest BCUT2D eigenvalue weighted by molar-refractivity contribution is 5.91. The van der Waals surface area contributed by atoms with E-state index in [2.05, 4.69) is 17.1 Å². The van der Waals surface area contributed by atoms with Crippen LogP contribution in [-0.4, -0.2) is 50.7 Å². The maximum Gasteiger partial charge on any atom is 0.244 e. The van der Waals surface area contributed by atoms with Crippen molar-refractivity contribution in [2.75, 3.05) is 39.9 Å². The summed E-state index contributed by atoms with van der Waals surface area (Å²) in [7, 11) is 1.62. The number of hydrogen-bond donors (Lipinski definition) is 1. The van der Waals surface area contributed by atoms with Crippen LogP contribution in [0.5, 0.6) is 11.5 Å². The van der Waals surface area contributed by atoms with Gasteiger partial charge in [-0.25, -0.2) is 0 Å². The largest absolute Gasteiger partial charge is 0.493 e. The molecular weight excluding hydrogens is 316 g/mol. The number of methoxy groups -OCH3 is 1. The van der Waals surface area contributed by atoms with E-state index >= 15 is 0 Å². The third-order valence-corrected chi connectivity index (χ3v) is 4.25. The van der Waals surface area contributed by atoms with Crippen LogP contribution in [0.3, 0.4) is 0 Å². The van der Waals surface area contributed by atoms with Gasteiger partial charge in [-0.1, -0.05) is 19.4 Å². The molecular formula is C20H30N2O3. The van der Waals surface area contributed by atoms with E-state index in [4.69, 9.17) is 9.47 Å². The molecule has 0 saturated carbocycles. The summed E-state index contributed by atoms with van der Waals surface area (Å²) < 4.78 is 11.0. The van der Waals surface area contributed by atoms with Crippen LogP contribution in [0.4, 0.5) is 0 Å². The van der Waals surface area contributed by atoms with Gasteiger partial charge in [-0.2, -0.15) is 0 Å². The van der Waals surface area contributed by atoms with Gasteiger partial charge >= 0.3 is 0 Å². The predicted molar refractivity (Wildman–Crippen MR) is 101 cm³/mol. The Labute approximate surface area is 151 Å². The quantitative estimate of drug-likeness (QED) is 0.698. The number of ether oxygens (including phenoxy) is 2. The summed E-state index contributed by atoms with van der Waals surface area (Å²) in [6.45, 7) is 6.64. The number of likely N-dealkylation sites (tertiary alicyclic amines) is 1. The molecule has 0 atom stereocenters. The Morgan fingerprint density at radius 3 is 2.76 bits per heavy atom. The van der Waals surface area contributed by atoms with E-state index in [1.807, 2.05) is 18.2 Å². The molecule has 1 saturated heterocycles. The molecule has 1 fully saturated rings. The summed E-state index contributed by atoms with van der Waals surface area (Å²) in [6, 6.07) is 5.68. The van der Waals surface area contributed by atoms with Crippen LogP contribution in [0.25, 0.3) is 6.08 Å². The van der Waals surface area contributed by atoms with Crippen LogP contribution in [0, 0.1) is 0 Å². The number of carbonyl (C=O) groups excluding carboxylic acids is 1. The number of nitrogens with zero attached hydrogens (tertiary/aromatic N) is 1. The van der Waals surface area contributed by atoms with Crippen LogP contribution < -0.4 is 14.8 Å². The first-order chi connectivity index (χ1) is 12.2. The minimum Gasteiger partial charge on any atom is -0.493 e. The van der Waals surface area contributed by atoms with E-state index in [1.165, 1.54) is 19.3 Å². The Morgan fingerprint density at radius 1 is 1.24 bits per heavy atom. The van der Waals surface area contributed by atoms with Gasteiger partial charge in [0.25, 0.3) is 0 Å². The summed E-state index contributed by atoms with van der Waals surface area (Å²) in [5.74, 6) is 1.34. The monoisotopic (exact) mass is 346 g/mol. The van der Waals surface area contributed by atoms with Gasteiger partial charge in [0.15, 0.2) is 11.5 Å². The summed E-state index contributed by atoms with van der Waals surface area (Å²) in [4.78, 5) is 14.4. The lowest BCUT2D eigenvalue weighted by molar-refractivity contribution is -0.116. The number of carbonyl (C=O) groups is 1. The van der Waals surface area contributed by atoms with Gasteiger partial charge in [-0.05, 0) is 56.1 Å². The highest BCUT2D eigenvalue weighted by Gasteiger charge is 2.09. The zero-order chi connectivity index (χ0) is 17.9. The van der Waals surface area contributed by atoms with Crippen LogP contribution in [-0.2, 0) is 4.79 Å². The van der Waals surface area contributed by atoms with E-state index in [9.17, 15) is 4.79 Å². The lowest BCUT2D eigenvalue weighted by Crippen LogP contribution is -2.37. The maximum atomic E-state index is 11.9. The molecule has 2 rings (SSSR count). The van der Waals surface area contributed by atoms with E-state index in [0.717, 1.165) is 37.4 Å². The van der Waals surface area contributed by atoms with Crippen LogP contribution in [0.15, 0.2) is 24.3 Å². The highest BCUT2D eigenvalue weighted by atomic mass is 16.5. The number of nitrogens with one attached hydrogen (secondary N) is 1. The number of rotatable bonds is 9. The average molecular weight is 346 g/mol. The van der Waals surface area contributed by atoms with Crippen molar-refractivity contribution < 1.29 is 14.3 Å². The molecule has 1 heterocycles. The van der Waals surface area contributed by atoms with Crippen LogP contribution in [0.2, 0.25) is 0 Å². The van der Waals surface area contributed by atoms with Gasteiger partial charge in [-0.3, -0.25) is 4.79 Å². The molecule has 0 bridgehead atoms.